The summed E-state index contributed by atoms with van der Waals surface area (Å²) < 4.78 is 54.1. The Morgan fingerprint density at radius 3 is 2.77 bits per heavy atom. The second kappa shape index (κ2) is 9.04. The highest BCUT2D eigenvalue weighted by molar-refractivity contribution is 5.93. The van der Waals surface area contributed by atoms with Crippen molar-refractivity contribution in [2.24, 2.45) is 10.4 Å². The smallest absolute Gasteiger partial charge is 0.275 e. The number of aromatic nitrogens is 2. The molecule has 0 radical (unpaired) electrons. The number of hydrogen-bond acceptors (Lipinski definition) is 6. The van der Waals surface area contributed by atoms with Crippen LogP contribution in [0.25, 0.3) is 0 Å². The summed E-state index contributed by atoms with van der Waals surface area (Å²) in [6.07, 6.45) is 1.74. The fourth-order valence-corrected chi connectivity index (χ4v) is 3.66. The van der Waals surface area contributed by atoms with Gasteiger partial charge in [-0.1, -0.05) is 6.92 Å². The van der Waals surface area contributed by atoms with Gasteiger partial charge in [0.1, 0.15) is 29.5 Å². The minimum atomic E-state index is -2.97. The maximum Gasteiger partial charge on any atom is 0.275 e. The average Bonchev–Trinajstić information content (AvgIpc) is 2.76. The molecule has 1 aromatic heterocycles. The number of nitrogens with zero attached hydrogens (tertiary/aromatic N) is 3. The van der Waals surface area contributed by atoms with Crippen molar-refractivity contribution in [3.63, 3.8) is 0 Å². The van der Waals surface area contributed by atoms with Crippen LogP contribution in [0.1, 0.15) is 30.8 Å². The maximum atomic E-state index is 15.1. The molecule has 1 amide bonds. The lowest BCUT2D eigenvalue weighted by Crippen LogP contribution is -2.70. The number of ether oxygens (including phenoxy) is 2. The Morgan fingerprint density at radius 1 is 1.39 bits per heavy atom. The van der Waals surface area contributed by atoms with Crippen molar-refractivity contribution in [3.05, 3.63) is 41.8 Å². The predicted molar refractivity (Wildman–Crippen MR) is 107 cm³/mol. The number of allylic oxidation sites excluding steroid dienone is 3. The van der Waals surface area contributed by atoms with Gasteiger partial charge in [0.05, 0.1) is 31.5 Å². The Labute approximate surface area is 177 Å². The van der Waals surface area contributed by atoms with Gasteiger partial charge in [-0.25, -0.2) is 23.1 Å². The van der Waals surface area contributed by atoms with E-state index in [2.05, 4.69) is 25.6 Å². The molecule has 2 heterocycles. The van der Waals surface area contributed by atoms with E-state index >= 15 is 4.39 Å². The molecule has 1 aliphatic carbocycles. The molecule has 1 saturated heterocycles. The number of carbonyl (C=O) groups is 1. The lowest BCUT2D eigenvalue weighted by Gasteiger charge is -2.51. The average molecular weight is 439 g/mol. The number of hydrogen-bond donors (Lipinski definition) is 2. The lowest BCUT2D eigenvalue weighted by molar-refractivity contribution is -0.0885. The van der Waals surface area contributed by atoms with E-state index < -0.39 is 35.7 Å². The SMILES string of the molecule is CCN=C1COC[C@@](C(F)F)(C2(C)CC(NC(=O)c3cnc(OC)cn3)=CC=C2F)N1. The summed E-state index contributed by atoms with van der Waals surface area (Å²) in [6.45, 7) is 3.12. The molecule has 0 aromatic carbocycles. The van der Waals surface area contributed by atoms with E-state index in [1.807, 2.05) is 0 Å². The lowest BCUT2D eigenvalue weighted by atomic mass is 9.65. The van der Waals surface area contributed by atoms with E-state index in [-0.39, 0.29) is 36.1 Å². The number of halogens is 3. The van der Waals surface area contributed by atoms with E-state index in [1.54, 1.807) is 6.92 Å². The molecular formula is C20H24F3N5O3. The molecule has 168 valence electrons. The summed E-state index contributed by atoms with van der Waals surface area (Å²) in [6, 6.07) is 0. The predicted octanol–water partition coefficient (Wildman–Crippen LogP) is 2.40. The molecule has 1 unspecified atom stereocenters. The number of aliphatic imine (C=N–C) groups is 1. The molecule has 2 atom stereocenters. The van der Waals surface area contributed by atoms with Gasteiger partial charge in [0.2, 0.25) is 5.88 Å². The van der Waals surface area contributed by atoms with E-state index in [0.717, 1.165) is 6.08 Å². The number of amides is 1. The van der Waals surface area contributed by atoms with Crippen LogP contribution in [0.3, 0.4) is 0 Å². The molecule has 2 N–H and O–H groups in total. The van der Waals surface area contributed by atoms with Gasteiger partial charge >= 0.3 is 0 Å². The van der Waals surface area contributed by atoms with Crippen LogP contribution in [0.4, 0.5) is 13.2 Å². The first kappa shape index (κ1) is 22.7. The Balaban J connectivity index is 1.86. The zero-order valence-electron chi connectivity index (χ0n) is 17.4. The number of rotatable bonds is 6. The van der Waals surface area contributed by atoms with E-state index in [0.29, 0.717) is 6.54 Å². The topological polar surface area (TPSA) is 97.7 Å². The number of morpholine rings is 1. The van der Waals surface area contributed by atoms with E-state index in [9.17, 15) is 13.6 Å². The van der Waals surface area contributed by atoms with Crippen LogP contribution < -0.4 is 15.4 Å². The van der Waals surface area contributed by atoms with Gasteiger partial charge in [0.15, 0.2) is 0 Å². The second-order valence-corrected chi connectivity index (χ2v) is 7.42. The molecule has 3 rings (SSSR count). The monoisotopic (exact) mass is 439 g/mol. The van der Waals surface area contributed by atoms with Gasteiger partial charge < -0.3 is 20.1 Å². The first-order chi connectivity index (χ1) is 14.8. The minimum absolute atomic E-state index is 0.00140. The first-order valence-electron chi connectivity index (χ1n) is 9.67. The number of methoxy groups -OCH3 is 1. The highest BCUT2D eigenvalue weighted by atomic mass is 19.3. The molecule has 2 aliphatic rings. The van der Waals surface area contributed by atoms with Crippen molar-refractivity contribution >= 4 is 11.7 Å². The van der Waals surface area contributed by atoms with Crippen molar-refractivity contribution in [2.75, 3.05) is 26.9 Å². The molecular weight excluding hydrogens is 415 g/mol. The zero-order chi connectivity index (χ0) is 22.6. The number of alkyl halides is 2. The van der Waals surface area contributed by atoms with Crippen LogP contribution >= 0.6 is 0 Å². The Hall–Kier alpha value is -2.95. The third-order valence-corrected chi connectivity index (χ3v) is 5.49. The third-order valence-electron chi connectivity index (χ3n) is 5.49. The van der Waals surface area contributed by atoms with Gasteiger partial charge in [0.25, 0.3) is 12.3 Å². The molecule has 0 saturated carbocycles. The molecule has 0 spiro atoms. The van der Waals surface area contributed by atoms with Crippen LogP contribution in [-0.2, 0) is 4.74 Å². The van der Waals surface area contributed by atoms with Gasteiger partial charge in [-0.05, 0) is 19.1 Å². The van der Waals surface area contributed by atoms with Crippen molar-refractivity contribution in [1.82, 2.24) is 20.6 Å². The Kier molecular flexibility index (Phi) is 6.63. The van der Waals surface area contributed by atoms with Crippen molar-refractivity contribution in [2.45, 2.75) is 32.2 Å². The molecule has 1 aliphatic heterocycles. The largest absolute Gasteiger partial charge is 0.480 e. The van der Waals surface area contributed by atoms with Crippen LogP contribution in [0.2, 0.25) is 0 Å². The Morgan fingerprint density at radius 2 is 2.16 bits per heavy atom. The maximum absolute atomic E-state index is 15.1. The number of nitrogens with one attached hydrogen (secondary N) is 2. The molecule has 0 bridgehead atoms. The van der Waals surface area contributed by atoms with Gasteiger partial charge in [-0.2, -0.15) is 0 Å². The Bertz CT molecular complexity index is 919. The summed E-state index contributed by atoms with van der Waals surface area (Å²) in [5, 5.41) is 5.35. The first-order valence-corrected chi connectivity index (χ1v) is 9.67. The summed E-state index contributed by atoms with van der Waals surface area (Å²) in [7, 11) is 1.41. The van der Waals surface area contributed by atoms with E-state index in [4.69, 9.17) is 9.47 Å². The van der Waals surface area contributed by atoms with Crippen molar-refractivity contribution in [1.29, 1.82) is 0 Å². The standard InChI is InChI=1S/C20H24F3N5O3/c1-4-24-15-10-31-11-20(28-15,18(22)23)19(2)7-12(5-6-14(19)21)27-17(29)13-8-26-16(30-3)9-25-13/h5-6,8-9,18H,4,7,10-11H2,1-3H3,(H,24,28)(H,27,29)/t19?,20-/m1/s1. The molecule has 11 heteroatoms. The van der Waals surface area contributed by atoms with Crippen LogP contribution in [0, 0.1) is 5.41 Å². The highest BCUT2D eigenvalue weighted by Crippen LogP contribution is 2.49. The fourth-order valence-electron chi connectivity index (χ4n) is 3.66. The number of amidine groups is 1. The highest BCUT2D eigenvalue weighted by Gasteiger charge is 2.60. The molecule has 8 nitrogen and oxygen atoms in total. The summed E-state index contributed by atoms with van der Waals surface area (Å²) in [5.74, 6) is -0.884. The van der Waals surface area contributed by atoms with Crippen molar-refractivity contribution < 1.29 is 27.4 Å². The normalized spacial score (nSPS) is 27.4. The van der Waals surface area contributed by atoms with Gasteiger partial charge in [0, 0.05) is 18.7 Å². The molecule has 1 aromatic rings. The van der Waals surface area contributed by atoms with Crippen molar-refractivity contribution in [3.8, 4) is 5.88 Å². The summed E-state index contributed by atoms with van der Waals surface area (Å²) in [4.78, 5) is 24.5. The van der Waals surface area contributed by atoms with Crippen LogP contribution in [0.15, 0.2) is 41.1 Å². The molecule has 1 fully saturated rings. The summed E-state index contributed by atoms with van der Waals surface area (Å²) >= 11 is 0. The van der Waals surface area contributed by atoms with Gasteiger partial charge in [-0.15, -0.1) is 0 Å². The van der Waals surface area contributed by atoms with Gasteiger partial charge in [-0.3, -0.25) is 9.79 Å². The summed E-state index contributed by atoms with van der Waals surface area (Å²) in [5.41, 5.74) is -3.52. The minimum Gasteiger partial charge on any atom is -0.480 e. The fraction of sp³-hybridized carbons (Fsp3) is 0.500. The quantitative estimate of drug-likeness (QED) is 0.707. The van der Waals surface area contributed by atoms with Crippen LogP contribution in [0.5, 0.6) is 5.88 Å². The molecule has 31 heavy (non-hydrogen) atoms. The number of carbonyl (C=O) groups excluding carboxylic acids is 1. The third kappa shape index (κ3) is 4.27. The zero-order valence-corrected chi connectivity index (χ0v) is 17.4. The van der Waals surface area contributed by atoms with E-state index in [1.165, 1.54) is 32.5 Å². The van der Waals surface area contributed by atoms with Crippen LogP contribution in [-0.4, -0.2) is 60.5 Å². The second-order valence-electron chi connectivity index (χ2n) is 7.42.